The molecule has 0 aliphatic carbocycles. The van der Waals surface area contributed by atoms with Crippen molar-refractivity contribution in [2.45, 2.75) is 27.2 Å². The molecule has 0 spiro atoms. The Bertz CT molecular complexity index is 1000. The summed E-state index contributed by atoms with van der Waals surface area (Å²) in [6.45, 7) is 5.68. The lowest BCUT2D eigenvalue weighted by atomic mass is 10.0. The van der Waals surface area contributed by atoms with Crippen molar-refractivity contribution in [3.05, 3.63) is 45.1 Å². The summed E-state index contributed by atoms with van der Waals surface area (Å²) < 4.78 is 1.39. The van der Waals surface area contributed by atoms with Gasteiger partial charge in [-0.2, -0.15) is 9.61 Å². The summed E-state index contributed by atoms with van der Waals surface area (Å²) in [5, 5.41) is 13.6. The molecule has 0 unspecified atom stereocenters. The Morgan fingerprint density at radius 2 is 2.00 bits per heavy atom. The van der Waals surface area contributed by atoms with Gasteiger partial charge in [0.2, 0.25) is 0 Å². The van der Waals surface area contributed by atoms with E-state index in [0.29, 0.717) is 17.6 Å². The van der Waals surface area contributed by atoms with Gasteiger partial charge in [0.25, 0.3) is 5.56 Å². The van der Waals surface area contributed by atoms with E-state index in [9.17, 15) is 9.90 Å². The lowest BCUT2D eigenvalue weighted by Gasteiger charge is -2.14. The fourth-order valence-corrected chi connectivity index (χ4v) is 3.11. The molecule has 2 N–H and O–H groups in total. The number of aromatic nitrogens is 4. The molecule has 132 valence electrons. The number of rotatable bonds is 4. The van der Waals surface area contributed by atoms with E-state index in [1.165, 1.54) is 4.52 Å². The van der Waals surface area contributed by atoms with Gasteiger partial charge in [-0.05, 0) is 32.4 Å². The van der Waals surface area contributed by atoms with Crippen LogP contribution in [0.4, 0.5) is 5.82 Å². The normalized spacial score (nSPS) is 11.3. The first-order chi connectivity index (χ1) is 11.8. The van der Waals surface area contributed by atoms with Crippen LogP contribution in [-0.4, -0.2) is 45.4 Å². The average molecular weight is 341 g/mol. The minimum absolute atomic E-state index is 0.0719. The summed E-state index contributed by atoms with van der Waals surface area (Å²) in [6.07, 6.45) is 2.13. The van der Waals surface area contributed by atoms with Crippen LogP contribution in [0.15, 0.2) is 17.1 Å². The Kier molecular flexibility index (Phi) is 4.34. The van der Waals surface area contributed by atoms with Crippen LogP contribution in [0, 0.1) is 20.8 Å². The number of aliphatic hydroxyl groups excluding tert-OH is 1. The summed E-state index contributed by atoms with van der Waals surface area (Å²) in [7, 11) is 3.90. The molecule has 0 fully saturated rings. The number of hydrogen-bond acceptors (Lipinski definition) is 5. The van der Waals surface area contributed by atoms with Gasteiger partial charge < -0.3 is 15.0 Å². The van der Waals surface area contributed by atoms with Crippen molar-refractivity contribution in [2.75, 3.05) is 25.6 Å². The van der Waals surface area contributed by atoms with Gasteiger partial charge >= 0.3 is 0 Å². The highest BCUT2D eigenvalue weighted by atomic mass is 16.3. The number of hydrogen-bond donors (Lipinski definition) is 2. The van der Waals surface area contributed by atoms with E-state index >= 15 is 0 Å². The molecule has 3 aromatic heterocycles. The largest absolute Gasteiger partial charge is 0.396 e. The first kappa shape index (κ1) is 17.2. The smallest absolute Gasteiger partial charge is 0.277 e. The van der Waals surface area contributed by atoms with E-state index < -0.39 is 0 Å². The topological polar surface area (TPSA) is 86.5 Å². The van der Waals surface area contributed by atoms with Crippen LogP contribution in [-0.2, 0) is 6.42 Å². The summed E-state index contributed by atoms with van der Waals surface area (Å²) >= 11 is 0. The molecule has 0 aliphatic rings. The minimum atomic E-state index is -0.190. The van der Waals surface area contributed by atoms with Crippen LogP contribution in [0.2, 0.25) is 0 Å². The van der Waals surface area contributed by atoms with Crippen molar-refractivity contribution in [1.82, 2.24) is 19.6 Å². The summed E-state index contributed by atoms with van der Waals surface area (Å²) in [4.78, 5) is 22.4. The van der Waals surface area contributed by atoms with Crippen LogP contribution >= 0.6 is 0 Å². The molecule has 25 heavy (non-hydrogen) atoms. The maximum Gasteiger partial charge on any atom is 0.277 e. The Morgan fingerprint density at radius 3 is 2.60 bits per heavy atom. The van der Waals surface area contributed by atoms with E-state index in [1.54, 1.807) is 0 Å². The molecule has 0 radical (unpaired) electrons. The van der Waals surface area contributed by atoms with Gasteiger partial charge in [-0.25, -0.2) is 4.98 Å². The monoisotopic (exact) mass is 341 g/mol. The molecule has 0 bridgehead atoms. The predicted molar refractivity (Wildman–Crippen MR) is 98.4 cm³/mol. The van der Waals surface area contributed by atoms with Gasteiger partial charge in [0.1, 0.15) is 11.5 Å². The first-order valence-electron chi connectivity index (χ1n) is 8.21. The standard InChI is InChI=1S/C18H23N5O2/c1-10-8-15(22(4)5)19-9-14(10)16-12(3)21-23-17(16)20-11(2)13(6-7-24)18(23)25/h8-9,20,24H,6-7H2,1-5H3. The molecule has 3 rings (SSSR count). The highest BCUT2D eigenvalue weighted by Crippen LogP contribution is 2.30. The third-order valence-electron chi connectivity index (χ3n) is 4.46. The molecule has 0 amide bonds. The molecule has 0 atom stereocenters. The van der Waals surface area contributed by atoms with Gasteiger partial charge in [0.05, 0.1) is 5.69 Å². The Labute approximate surface area is 146 Å². The SMILES string of the molecule is Cc1cc(N(C)C)ncc1-c1c(C)nn2c(=O)c(CCO)c(C)[nH]c12. The predicted octanol–water partition coefficient (Wildman–Crippen LogP) is 1.61. The van der Waals surface area contributed by atoms with Crippen LogP contribution < -0.4 is 10.5 Å². The highest BCUT2D eigenvalue weighted by molar-refractivity contribution is 5.82. The maximum atomic E-state index is 12.7. The molecule has 0 aliphatic heterocycles. The number of aromatic amines is 1. The number of pyridine rings is 1. The molecule has 3 heterocycles. The third-order valence-corrected chi connectivity index (χ3v) is 4.46. The van der Waals surface area contributed by atoms with Crippen LogP contribution in [0.5, 0.6) is 0 Å². The third kappa shape index (κ3) is 2.80. The molecular formula is C18H23N5O2. The molecule has 0 saturated heterocycles. The maximum absolute atomic E-state index is 12.7. The second-order valence-electron chi connectivity index (χ2n) is 6.48. The van der Waals surface area contributed by atoms with E-state index in [0.717, 1.165) is 33.9 Å². The Morgan fingerprint density at radius 1 is 1.28 bits per heavy atom. The number of nitrogens with one attached hydrogen (secondary N) is 1. The number of aryl methyl sites for hydroxylation is 3. The Hall–Kier alpha value is -2.67. The fraction of sp³-hybridized carbons (Fsp3) is 0.389. The van der Waals surface area contributed by atoms with Crippen LogP contribution in [0.1, 0.15) is 22.5 Å². The van der Waals surface area contributed by atoms with E-state index in [1.807, 2.05) is 52.0 Å². The van der Waals surface area contributed by atoms with Crippen molar-refractivity contribution in [3.63, 3.8) is 0 Å². The summed E-state index contributed by atoms with van der Waals surface area (Å²) in [6, 6.07) is 2.02. The van der Waals surface area contributed by atoms with Crippen LogP contribution in [0.3, 0.4) is 0 Å². The lowest BCUT2D eigenvalue weighted by Crippen LogP contribution is -2.22. The summed E-state index contributed by atoms with van der Waals surface area (Å²) in [5.41, 5.74) is 5.43. The lowest BCUT2D eigenvalue weighted by molar-refractivity contribution is 0.298. The van der Waals surface area contributed by atoms with Crippen LogP contribution in [0.25, 0.3) is 16.8 Å². The highest BCUT2D eigenvalue weighted by Gasteiger charge is 2.19. The van der Waals surface area contributed by atoms with Gasteiger partial charge in [-0.15, -0.1) is 0 Å². The molecular weight excluding hydrogens is 318 g/mol. The molecule has 0 saturated carbocycles. The second kappa shape index (κ2) is 6.33. The van der Waals surface area contributed by atoms with E-state index in [-0.39, 0.29) is 12.2 Å². The van der Waals surface area contributed by atoms with Gasteiger partial charge in [0, 0.05) is 55.7 Å². The fourth-order valence-electron chi connectivity index (χ4n) is 3.11. The Balaban J connectivity index is 2.28. The number of aliphatic hydroxyl groups is 1. The number of anilines is 1. The van der Waals surface area contributed by atoms with Crippen molar-refractivity contribution in [1.29, 1.82) is 0 Å². The van der Waals surface area contributed by atoms with Crippen molar-refractivity contribution >= 4 is 11.5 Å². The molecule has 0 aromatic carbocycles. The minimum Gasteiger partial charge on any atom is -0.396 e. The molecule has 7 heteroatoms. The van der Waals surface area contributed by atoms with Gasteiger partial charge in [0.15, 0.2) is 0 Å². The number of fused-ring (bicyclic) bond motifs is 1. The van der Waals surface area contributed by atoms with E-state index in [4.69, 9.17) is 0 Å². The summed E-state index contributed by atoms with van der Waals surface area (Å²) in [5.74, 6) is 0.880. The van der Waals surface area contributed by atoms with Gasteiger partial charge in [-0.3, -0.25) is 4.79 Å². The molecule has 7 nitrogen and oxygen atoms in total. The van der Waals surface area contributed by atoms with Gasteiger partial charge in [-0.1, -0.05) is 0 Å². The van der Waals surface area contributed by atoms with Crippen molar-refractivity contribution in [3.8, 4) is 11.1 Å². The zero-order chi connectivity index (χ0) is 18.3. The van der Waals surface area contributed by atoms with Crippen molar-refractivity contribution < 1.29 is 5.11 Å². The zero-order valence-electron chi connectivity index (χ0n) is 15.2. The quantitative estimate of drug-likeness (QED) is 0.753. The first-order valence-corrected chi connectivity index (χ1v) is 8.21. The number of H-pyrrole nitrogens is 1. The second-order valence-corrected chi connectivity index (χ2v) is 6.48. The zero-order valence-corrected chi connectivity index (χ0v) is 15.2. The van der Waals surface area contributed by atoms with Crippen molar-refractivity contribution in [2.24, 2.45) is 0 Å². The van der Waals surface area contributed by atoms with E-state index in [2.05, 4.69) is 15.1 Å². The molecule has 3 aromatic rings. The average Bonchev–Trinajstić information content (AvgIpc) is 2.87. The number of nitrogens with zero attached hydrogens (tertiary/aromatic N) is 4.